The first-order chi connectivity index (χ1) is 12.9. The van der Waals surface area contributed by atoms with Crippen LogP contribution >= 0.6 is 0 Å². The molecule has 0 aliphatic carbocycles. The number of anilines is 2. The van der Waals surface area contributed by atoms with Gasteiger partial charge in [0.15, 0.2) is 11.2 Å². The summed E-state index contributed by atoms with van der Waals surface area (Å²) in [4.78, 5) is 39.0. The molecule has 3 aromatic rings. The molecule has 0 fully saturated rings. The maximum Gasteiger partial charge on any atom is 0.332 e. The number of quaternary nitrogens is 1. The van der Waals surface area contributed by atoms with E-state index in [2.05, 4.69) is 34.1 Å². The van der Waals surface area contributed by atoms with Crippen LogP contribution in [0.25, 0.3) is 16.9 Å². The monoisotopic (exact) mass is 411 g/mol. The second-order valence-corrected chi connectivity index (χ2v) is 6.52. The van der Waals surface area contributed by atoms with Crippen LogP contribution in [-0.2, 0) is 14.1 Å². The lowest BCUT2D eigenvalue weighted by atomic mass is 10.3. The molecule has 4 N–H and O–H groups in total. The number of nitrogens with zero attached hydrogens (tertiary/aromatic N) is 6. The van der Waals surface area contributed by atoms with Gasteiger partial charge in [-0.25, -0.2) is 9.20 Å². The van der Waals surface area contributed by atoms with Crippen molar-refractivity contribution >= 4 is 28.8 Å². The van der Waals surface area contributed by atoms with E-state index in [1.165, 1.54) is 20.9 Å². The second-order valence-electron chi connectivity index (χ2n) is 6.52. The molecule has 154 valence electrons. The Morgan fingerprint density at radius 3 is 2.39 bits per heavy atom. The number of fused-ring (bicyclic) bond motifs is 3. The number of hydrogen-bond donors (Lipinski definition) is 3. The van der Waals surface area contributed by atoms with Crippen LogP contribution in [0.2, 0.25) is 0 Å². The number of aryl methyl sites for hydroxylation is 1. The van der Waals surface area contributed by atoms with Crippen molar-refractivity contribution < 1.29 is 17.3 Å². The first kappa shape index (κ1) is 21.6. The minimum atomic E-state index is -0.454. The fourth-order valence-electron chi connectivity index (χ4n) is 3.21. The SMILES string of the molecule is CC[NH+](CC)CCCNc1nc(N)nc2nc3c(c(=O)n(C)c(=O)n3C)n12.[Cl-]. The summed E-state index contributed by atoms with van der Waals surface area (Å²) in [7, 11) is 2.99. The first-order valence-electron chi connectivity index (χ1n) is 9.08. The quantitative estimate of drug-likeness (QED) is 0.332. The molecule has 0 saturated carbocycles. The molecule has 3 heterocycles. The van der Waals surface area contributed by atoms with Gasteiger partial charge >= 0.3 is 5.69 Å². The molecule has 0 aliphatic heterocycles. The Bertz CT molecular complexity index is 1100. The van der Waals surface area contributed by atoms with E-state index < -0.39 is 11.2 Å². The molecule has 0 atom stereocenters. The number of hydrogen-bond acceptors (Lipinski definition) is 7. The Morgan fingerprint density at radius 1 is 1.07 bits per heavy atom. The van der Waals surface area contributed by atoms with Gasteiger partial charge in [0.2, 0.25) is 17.7 Å². The van der Waals surface area contributed by atoms with Crippen LogP contribution in [0.1, 0.15) is 20.3 Å². The third kappa shape index (κ3) is 3.67. The number of rotatable bonds is 7. The highest BCUT2D eigenvalue weighted by Gasteiger charge is 2.19. The molecule has 0 unspecified atom stereocenters. The normalized spacial score (nSPS) is 11.3. The van der Waals surface area contributed by atoms with Gasteiger partial charge in [-0.15, -0.1) is 0 Å². The van der Waals surface area contributed by atoms with Crippen molar-refractivity contribution in [2.45, 2.75) is 20.3 Å². The Kier molecular flexibility index (Phi) is 6.62. The second kappa shape index (κ2) is 8.57. The topological polar surface area (TPSA) is 130 Å². The molecule has 28 heavy (non-hydrogen) atoms. The number of aromatic nitrogens is 6. The van der Waals surface area contributed by atoms with Gasteiger partial charge < -0.3 is 28.4 Å². The van der Waals surface area contributed by atoms with E-state index in [1.54, 1.807) is 7.05 Å². The number of imidazole rings is 1. The Morgan fingerprint density at radius 2 is 1.75 bits per heavy atom. The van der Waals surface area contributed by atoms with Crippen molar-refractivity contribution in [2.75, 3.05) is 37.2 Å². The number of nitrogens with one attached hydrogen (secondary N) is 2. The molecule has 0 bridgehead atoms. The van der Waals surface area contributed by atoms with E-state index in [0.29, 0.717) is 12.5 Å². The zero-order valence-corrected chi connectivity index (χ0v) is 17.2. The van der Waals surface area contributed by atoms with Gasteiger partial charge in [-0.2, -0.15) is 15.0 Å². The van der Waals surface area contributed by atoms with Gasteiger partial charge in [-0.3, -0.25) is 13.9 Å². The predicted octanol–water partition coefficient (Wildman–Crippen LogP) is -5.01. The molecule has 3 rings (SSSR count). The van der Waals surface area contributed by atoms with Gasteiger partial charge in [-0.1, -0.05) is 0 Å². The van der Waals surface area contributed by atoms with Gasteiger partial charge in [0.25, 0.3) is 5.56 Å². The highest BCUT2D eigenvalue weighted by atomic mass is 35.5. The van der Waals surface area contributed by atoms with Gasteiger partial charge in [-0.05, 0) is 13.8 Å². The summed E-state index contributed by atoms with van der Waals surface area (Å²) in [6.45, 7) is 8.19. The average Bonchev–Trinajstić information content (AvgIpc) is 3.04. The first-order valence-corrected chi connectivity index (χ1v) is 9.08. The van der Waals surface area contributed by atoms with Crippen LogP contribution in [0.5, 0.6) is 0 Å². The fraction of sp³-hybridized carbons (Fsp3) is 0.562. The lowest BCUT2D eigenvalue weighted by molar-refractivity contribution is -0.896. The molecule has 0 radical (unpaired) electrons. The molecular formula is C16H26ClN9O2. The van der Waals surface area contributed by atoms with Gasteiger partial charge in [0.1, 0.15) is 0 Å². The highest BCUT2D eigenvalue weighted by molar-refractivity contribution is 5.77. The van der Waals surface area contributed by atoms with Crippen molar-refractivity contribution in [3.63, 3.8) is 0 Å². The lowest BCUT2D eigenvalue weighted by Crippen LogP contribution is -3.11. The van der Waals surface area contributed by atoms with Crippen molar-refractivity contribution in [3.8, 4) is 0 Å². The Labute approximate surface area is 167 Å². The molecule has 0 saturated heterocycles. The molecule has 3 aromatic heterocycles. The number of nitrogens with two attached hydrogens (primary N) is 1. The molecule has 0 aromatic carbocycles. The molecular weight excluding hydrogens is 386 g/mol. The largest absolute Gasteiger partial charge is 1.00 e. The number of halogens is 1. The molecule has 12 heteroatoms. The standard InChI is InChI=1S/C16H25N9O2.ClH/c1-5-24(6-2)9-7-8-18-14-20-13(17)21-15-19-11-10(25(14)15)12(26)23(4)16(27)22(11)3;/h5-9H2,1-4H3,(H3,17,18,19,20,21);1H. The lowest BCUT2D eigenvalue weighted by Gasteiger charge is -2.15. The molecule has 0 spiro atoms. The number of nitrogen functional groups attached to an aromatic ring is 1. The molecule has 0 amide bonds. The van der Waals surface area contributed by atoms with Crippen molar-refractivity contribution in [1.29, 1.82) is 0 Å². The third-order valence-electron chi connectivity index (χ3n) is 4.88. The van der Waals surface area contributed by atoms with Crippen molar-refractivity contribution in [1.82, 2.24) is 28.5 Å². The van der Waals surface area contributed by atoms with Crippen LogP contribution in [0.3, 0.4) is 0 Å². The molecule has 0 aliphatic rings. The summed E-state index contributed by atoms with van der Waals surface area (Å²) in [6, 6.07) is 0. The predicted molar refractivity (Wildman–Crippen MR) is 103 cm³/mol. The Hall–Kier alpha value is -2.66. The van der Waals surface area contributed by atoms with E-state index >= 15 is 0 Å². The zero-order chi connectivity index (χ0) is 19.7. The van der Waals surface area contributed by atoms with Gasteiger partial charge in [0.05, 0.1) is 19.6 Å². The van der Waals surface area contributed by atoms with E-state index in [0.717, 1.165) is 30.6 Å². The maximum atomic E-state index is 12.7. The maximum absolute atomic E-state index is 12.7. The van der Waals surface area contributed by atoms with Crippen molar-refractivity contribution in [3.05, 3.63) is 20.8 Å². The zero-order valence-electron chi connectivity index (χ0n) is 16.5. The third-order valence-corrected chi connectivity index (χ3v) is 4.88. The van der Waals surface area contributed by atoms with Crippen LogP contribution < -0.4 is 39.6 Å². The summed E-state index contributed by atoms with van der Waals surface area (Å²) < 4.78 is 3.88. The molecule has 11 nitrogen and oxygen atoms in total. The van der Waals surface area contributed by atoms with Crippen LogP contribution in [0.15, 0.2) is 9.59 Å². The fourth-order valence-corrected chi connectivity index (χ4v) is 3.21. The minimum absolute atomic E-state index is 0. The average molecular weight is 412 g/mol. The van der Waals surface area contributed by atoms with Gasteiger partial charge in [0, 0.05) is 27.1 Å². The summed E-state index contributed by atoms with van der Waals surface area (Å²) in [6.07, 6.45) is 0.936. The summed E-state index contributed by atoms with van der Waals surface area (Å²) >= 11 is 0. The smallest absolute Gasteiger partial charge is 0.332 e. The van der Waals surface area contributed by atoms with E-state index in [1.807, 2.05) is 0 Å². The van der Waals surface area contributed by atoms with Crippen molar-refractivity contribution in [2.24, 2.45) is 14.1 Å². The van der Waals surface area contributed by atoms with E-state index in [4.69, 9.17) is 5.73 Å². The van der Waals surface area contributed by atoms with Crippen LogP contribution in [0, 0.1) is 0 Å². The summed E-state index contributed by atoms with van der Waals surface area (Å²) in [5.74, 6) is 0.675. The van der Waals surface area contributed by atoms with Crippen LogP contribution in [0.4, 0.5) is 11.9 Å². The van der Waals surface area contributed by atoms with Crippen LogP contribution in [-0.4, -0.2) is 54.7 Å². The van der Waals surface area contributed by atoms with E-state index in [-0.39, 0.29) is 35.3 Å². The van der Waals surface area contributed by atoms with E-state index in [9.17, 15) is 9.59 Å². The summed E-state index contributed by atoms with van der Waals surface area (Å²) in [5, 5.41) is 3.23. The summed E-state index contributed by atoms with van der Waals surface area (Å²) in [5.41, 5.74) is 5.39. The highest BCUT2D eigenvalue weighted by Crippen LogP contribution is 2.16. The Balaban J connectivity index is 0.00000280. The minimum Gasteiger partial charge on any atom is -1.00 e.